The summed E-state index contributed by atoms with van der Waals surface area (Å²) in [6, 6.07) is 1.97. The van der Waals surface area contributed by atoms with Gasteiger partial charge in [-0.2, -0.15) is 0 Å². The van der Waals surface area contributed by atoms with Crippen LogP contribution >= 0.6 is 0 Å². The highest BCUT2D eigenvalue weighted by Crippen LogP contribution is 2.17. The number of amides is 1. The van der Waals surface area contributed by atoms with Gasteiger partial charge in [-0.05, 0) is 18.6 Å². The summed E-state index contributed by atoms with van der Waals surface area (Å²) in [5.41, 5.74) is 2.00. The van der Waals surface area contributed by atoms with Crippen LogP contribution in [-0.4, -0.2) is 17.5 Å². The topological polar surface area (TPSA) is 51.2 Å². The van der Waals surface area contributed by atoms with Gasteiger partial charge in [0.05, 0.1) is 6.61 Å². The van der Waals surface area contributed by atoms with Crippen LogP contribution in [-0.2, 0) is 16.1 Å². The molecule has 1 aliphatic heterocycles. The van der Waals surface area contributed by atoms with Gasteiger partial charge in [0.25, 0.3) is 5.91 Å². The van der Waals surface area contributed by atoms with Gasteiger partial charge in [0.2, 0.25) is 0 Å². The number of nitrogens with one attached hydrogen (secondary N) is 1. The number of carbonyl (C=O) groups is 1. The molecule has 0 bridgehead atoms. The van der Waals surface area contributed by atoms with E-state index in [0.717, 1.165) is 11.1 Å². The minimum Gasteiger partial charge on any atom is -0.367 e. The van der Waals surface area contributed by atoms with E-state index in [-0.39, 0.29) is 12.5 Å². The first kappa shape index (κ1) is 8.19. The smallest absolute Gasteiger partial charge is 0.251 e. The standard InChI is InChI=1S/C9H10N2O2/c1-6-2-7-4-13-5-8(12)11-9(7)10-3-6/h2-3H,4-5H2,1H3,(H,10,11,12). The summed E-state index contributed by atoms with van der Waals surface area (Å²) < 4.78 is 5.14. The maximum Gasteiger partial charge on any atom is 0.251 e. The molecule has 4 heteroatoms. The third kappa shape index (κ3) is 1.67. The lowest BCUT2D eigenvalue weighted by Gasteiger charge is -2.04. The second kappa shape index (κ2) is 3.14. The van der Waals surface area contributed by atoms with E-state index in [4.69, 9.17) is 4.74 Å². The number of hydrogen-bond donors (Lipinski definition) is 1. The first-order chi connectivity index (χ1) is 6.25. The zero-order valence-corrected chi connectivity index (χ0v) is 7.33. The molecule has 0 aliphatic carbocycles. The van der Waals surface area contributed by atoms with Crippen molar-refractivity contribution in [3.8, 4) is 0 Å². The first-order valence-electron chi connectivity index (χ1n) is 4.09. The number of fused-ring (bicyclic) bond motifs is 1. The van der Waals surface area contributed by atoms with Gasteiger partial charge >= 0.3 is 0 Å². The maximum absolute atomic E-state index is 11.1. The van der Waals surface area contributed by atoms with Crippen molar-refractivity contribution in [3.63, 3.8) is 0 Å². The molecule has 13 heavy (non-hydrogen) atoms. The Morgan fingerprint density at radius 2 is 2.38 bits per heavy atom. The van der Waals surface area contributed by atoms with Crippen LogP contribution in [0.25, 0.3) is 0 Å². The Kier molecular flexibility index (Phi) is 1.98. The Balaban J connectivity index is 2.40. The molecule has 1 aromatic heterocycles. The summed E-state index contributed by atoms with van der Waals surface area (Å²) in [5.74, 6) is 0.475. The molecule has 0 spiro atoms. The van der Waals surface area contributed by atoms with E-state index < -0.39 is 0 Å². The third-order valence-corrected chi connectivity index (χ3v) is 1.85. The number of aromatic nitrogens is 1. The Morgan fingerprint density at radius 3 is 3.23 bits per heavy atom. The van der Waals surface area contributed by atoms with E-state index in [9.17, 15) is 4.79 Å². The van der Waals surface area contributed by atoms with Crippen molar-refractivity contribution >= 4 is 11.7 Å². The minimum absolute atomic E-state index is 0.107. The quantitative estimate of drug-likeness (QED) is 0.641. The van der Waals surface area contributed by atoms with Crippen LogP contribution in [0, 0.1) is 6.92 Å². The van der Waals surface area contributed by atoms with E-state index in [2.05, 4.69) is 10.3 Å². The number of carbonyl (C=O) groups excluding carboxylic acids is 1. The van der Waals surface area contributed by atoms with Crippen LogP contribution in [0.15, 0.2) is 12.3 Å². The lowest BCUT2D eigenvalue weighted by molar-refractivity contribution is -0.120. The monoisotopic (exact) mass is 178 g/mol. The second-order valence-corrected chi connectivity index (χ2v) is 3.06. The van der Waals surface area contributed by atoms with Crippen LogP contribution in [0.5, 0.6) is 0 Å². The fourth-order valence-electron chi connectivity index (χ4n) is 1.27. The van der Waals surface area contributed by atoms with Crippen molar-refractivity contribution in [1.29, 1.82) is 0 Å². The molecule has 1 N–H and O–H groups in total. The summed E-state index contributed by atoms with van der Waals surface area (Å²) in [6.07, 6.45) is 1.73. The SMILES string of the molecule is Cc1cnc2c(c1)COCC(=O)N2. The van der Waals surface area contributed by atoms with Gasteiger partial charge in [-0.15, -0.1) is 0 Å². The largest absolute Gasteiger partial charge is 0.367 e. The van der Waals surface area contributed by atoms with E-state index >= 15 is 0 Å². The molecular formula is C9H10N2O2. The Bertz CT molecular complexity index is 349. The fraction of sp³-hybridized carbons (Fsp3) is 0.333. The molecule has 0 radical (unpaired) electrons. The number of hydrogen-bond acceptors (Lipinski definition) is 3. The molecule has 0 fully saturated rings. The number of rotatable bonds is 0. The molecule has 1 amide bonds. The normalized spacial score (nSPS) is 15.9. The van der Waals surface area contributed by atoms with Gasteiger partial charge in [-0.3, -0.25) is 4.79 Å². The summed E-state index contributed by atoms with van der Waals surface area (Å²) in [6.45, 7) is 2.51. The predicted molar refractivity (Wildman–Crippen MR) is 47.3 cm³/mol. The lowest BCUT2D eigenvalue weighted by atomic mass is 10.2. The summed E-state index contributed by atoms with van der Waals surface area (Å²) >= 11 is 0. The number of pyridine rings is 1. The van der Waals surface area contributed by atoms with Crippen molar-refractivity contribution in [2.75, 3.05) is 11.9 Å². The molecule has 2 heterocycles. The lowest BCUT2D eigenvalue weighted by Crippen LogP contribution is -2.15. The molecule has 0 saturated heterocycles. The van der Waals surface area contributed by atoms with Crippen molar-refractivity contribution in [2.45, 2.75) is 13.5 Å². The van der Waals surface area contributed by atoms with Crippen molar-refractivity contribution in [2.24, 2.45) is 0 Å². The van der Waals surface area contributed by atoms with Gasteiger partial charge < -0.3 is 10.1 Å². The molecule has 1 aromatic rings. The summed E-state index contributed by atoms with van der Waals surface area (Å²) in [5, 5.41) is 2.67. The average molecular weight is 178 g/mol. The number of nitrogens with zero attached hydrogens (tertiary/aromatic N) is 1. The van der Waals surface area contributed by atoms with Crippen molar-refractivity contribution in [3.05, 3.63) is 23.4 Å². The molecule has 0 saturated carbocycles. The van der Waals surface area contributed by atoms with E-state index in [1.54, 1.807) is 6.20 Å². The minimum atomic E-state index is -0.143. The molecule has 1 aliphatic rings. The van der Waals surface area contributed by atoms with Crippen molar-refractivity contribution in [1.82, 2.24) is 4.98 Å². The number of anilines is 1. The summed E-state index contributed by atoms with van der Waals surface area (Å²) in [4.78, 5) is 15.2. The highest BCUT2D eigenvalue weighted by atomic mass is 16.5. The Morgan fingerprint density at radius 1 is 1.54 bits per heavy atom. The van der Waals surface area contributed by atoms with Crippen LogP contribution in [0.3, 0.4) is 0 Å². The molecule has 0 unspecified atom stereocenters. The van der Waals surface area contributed by atoms with E-state index in [0.29, 0.717) is 12.4 Å². The maximum atomic E-state index is 11.1. The molecule has 4 nitrogen and oxygen atoms in total. The molecule has 0 atom stereocenters. The van der Waals surface area contributed by atoms with Crippen molar-refractivity contribution < 1.29 is 9.53 Å². The van der Waals surface area contributed by atoms with Gasteiger partial charge in [0, 0.05) is 11.8 Å². The zero-order valence-electron chi connectivity index (χ0n) is 7.33. The Hall–Kier alpha value is -1.42. The second-order valence-electron chi connectivity index (χ2n) is 3.06. The highest BCUT2D eigenvalue weighted by Gasteiger charge is 2.13. The predicted octanol–water partition coefficient (Wildman–Crippen LogP) is 0.859. The molecule has 2 rings (SSSR count). The van der Waals surface area contributed by atoms with Gasteiger partial charge in [0.1, 0.15) is 12.4 Å². The first-order valence-corrected chi connectivity index (χ1v) is 4.09. The van der Waals surface area contributed by atoms with E-state index in [1.807, 2.05) is 13.0 Å². The third-order valence-electron chi connectivity index (χ3n) is 1.85. The zero-order chi connectivity index (χ0) is 9.26. The molecule has 68 valence electrons. The van der Waals surface area contributed by atoms with Gasteiger partial charge in [0.15, 0.2) is 0 Å². The highest BCUT2D eigenvalue weighted by molar-refractivity contribution is 5.91. The van der Waals surface area contributed by atoms with E-state index in [1.165, 1.54) is 0 Å². The van der Waals surface area contributed by atoms with Crippen LogP contribution in [0.2, 0.25) is 0 Å². The molecular weight excluding hydrogens is 168 g/mol. The summed E-state index contributed by atoms with van der Waals surface area (Å²) in [7, 11) is 0. The van der Waals surface area contributed by atoms with Gasteiger partial charge in [-0.25, -0.2) is 4.98 Å². The molecule has 0 aromatic carbocycles. The fourth-order valence-corrected chi connectivity index (χ4v) is 1.27. The van der Waals surface area contributed by atoms with Gasteiger partial charge in [-0.1, -0.05) is 0 Å². The Labute approximate surface area is 75.9 Å². The number of aryl methyl sites for hydroxylation is 1. The average Bonchev–Trinajstić information content (AvgIpc) is 2.25. The van der Waals surface area contributed by atoms with Crippen LogP contribution in [0.1, 0.15) is 11.1 Å². The van der Waals surface area contributed by atoms with Crippen LogP contribution < -0.4 is 5.32 Å². The van der Waals surface area contributed by atoms with Crippen LogP contribution in [0.4, 0.5) is 5.82 Å². The number of ether oxygens (including phenoxy) is 1.